The average molecular weight is 391 g/mol. The van der Waals surface area contributed by atoms with Gasteiger partial charge < -0.3 is 14.6 Å². The van der Waals surface area contributed by atoms with Crippen molar-refractivity contribution in [3.8, 4) is 0 Å². The van der Waals surface area contributed by atoms with Crippen LogP contribution in [0, 0.1) is 6.92 Å². The third kappa shape index (κ3) is 6.04. The highest BCUT2D eigenvalue weighted by molar-refractivity contribution is 5.79. The van der Waals surface area contributed by atoms with Crippen molar-refractivity contribution in [2.75, 3.05) is 0 Å². The van der Waals surface area contributed by atoms with Crippen LogP contribution >= 0.6 is 0 Å². The fraction of sp³-hybridized carbons (Fsp3) is 0.261. The maximum atomic E-state index is 13.2. The van der Waals surface area contributed by atoms with E-state index in [4.69, 9.17) is 4.42 Å². The largest absolute Gasteiger partial charge is 0.467 e. The summed E-state index contributed by atoms with van der Waals surface area (Å²) in [6.07, 6.45) is 5.19. The average Bonchev–Trinajstić information content (AvgIpc) is 3.21. The normalized spacial score (nSPS) is 11.7. The van der Waals surface area contributed by atoms with E-state index in [1.165, 1.54) is 6.92 Å². The number of amides is 2. The SMILES string of the molecule is CC(=O)NC(CC(=O)N(Cc1cccnc1)Cc1ccco1)c1ccc(C)cc1. The van der Waals surface area contributed by atoms with Crippen molar-refractivity contribution in [3.05, 3.63) is 89.6 Å². The molecule has 29 heavy (non-hydrogen) atoms. The van der Waals surface area contributed by atoms with Gasteiger partial charge in [-0.2, -0.15) is 0 Å². The first-order valence-corrected chi connectivity index (χ1v) is 9.54. The minimum Gasteiger partial charge on any atom is -0.467 e. The molecule has 0 aliphatic heterocycles. The Morgan fingerprint density at radius 2 is 1.90 bits per heavy atom. The van der Waals surface area contributed by atoms with E-state index in [-0.39, 0.29) is 18.2 Å². The van der Waals surface area contributed by atoms with Crippen LogP contribution in [0.15, 0.2) is 71.6 Å². The van der Waals surface area contributed by atoms with Crippen LogP contribution in [0.2, 0.25) is 0 Å². The molecule has 0 saturated carbocycles. The van der Waals surface area contributed by atoms with E-state index in [0.717, 1.165) is 16.7 Å². The van der Waals surface area contributed by atoms with Crippen molar-refractivity contribution in [1.29, 1.82) is 0 Å². The first kappa shape index (κ1) is 20.3. The summed E-state index contributed by atoms with van der Waals surface area (Å²) in [6, 6.07) is 14.9. The molecule has 1 unspecified atom stereocenters. The lowest BCUT2D eigenvalue weighted by Gasteiger charge is -2.25. The van der Waals surface area contributed by atoms with Gasteiger partial charge in [-0.25, -0.2) is 0 Å². The molecule has 0 aliphatic rings. The second-order valence-electron chi connectivity index (χ2n) is 7.06. The van der Waals surface area contributed by atoms with E-state index in [9.17, 15) is 9.59 Å². The Hall–Kier alpha value is -3.41. The molecule has 150 valence electrons. The predicted molar refractivity (Wildman–Crippen MR) is 110 cm³/mol. The molecule has 1 aromatic carbocycles. The lowest BCUT2D eigenvalue weighted by Crippen LogP contribution is -2.35. The molecule has 0 radical (unpaired) electrons. The number of aromatic nitrogens is 1. The number of pyridine rings is 1. The molecule has 6 heteroatoms. The summed E-state index contributed by atoms with van der Waals surface area (Å²) in [5.41, 5.74) is 2.95. The van der Waals surface area contributed by atoms with Gasteiger partial charge in [0.2, 0.25) is 11.8 Å². The van der Waals surface area contributed by atoms with Crippen LogP contribution in [0.4, 0.5) is 0 Å². The Morgan fingerprint density at radius 3 is 2.52 bits per heavy atom. The Bertz CT molecular complexity index is 922. The Morgan fingerprint density at radius 1 is 1.10 bits per heavy atom. The molecule has 3 rings (SSSR count). The van der Waals surface area contributed by atoms with Crippen molar-refractivity contribution in [3.63, 3.8) is 0 Å². The minimum atomic E-state index is -0.395. The molecule has 0 fully saturated rings. The summed E-state index contributed by atoms with van der Waals surface area (Å²) in [7, 11) is 0. The Balaban J connectivity index is 1.80. The number of rotatable bonds is 8. The van der Waals surface area contributed by atoms with Crippen molar-refractivity contribution >= 4 is 11.8 Å². The molecule has 1 N–H and O–H groups in total. The zero-order valence-corrected chi connectivity index (χ0v) is 16.7. The summed E-state index contributed by atoms with van der Waals surface area (Å²) in [4.78, 5) is 30.8. The molecule has 2 aromatic heterocycles. The number of aryl methyl sites for hydroxylation is 1. The van der Waals surface area contributed by atoms with Crippen LogP contribution in [-0.4, -0.2) is 21.7 Å². The van der Waals surface area contributed by atoms with Gasteiger partial charge in [0.1, 0.15) is 5.76 Å². The van der Waals surface area contributed by atoms with Crippen molar-refractivity contribution in [1.82, 2.24) is 15.2 Å². The molecule has 3 aromatic rings. The van der Waals surface area contributed by atoms with Crippen molar-refractivity contribution in [2.45, 2.75) is 39.4 Å². The zero-order chi connectivity index (χ0) is 20.6. The summed E-state index contributed by atoms with van der Waals surface area (Å²) in [5.74, 6) is 0.450. The van der Waals surface area contributed by atoms with E-state index < -0.39 is 6.04 Å². The molecule has 1 atom stereocenters. The van der Waals surface area contributed by atoms with Gasteiger partial charge in [-0.15, -0.1) is 0 Å². The number of benzene rings is 1. The molecule has 6 nitrogen and oxygen atoms in total. The summed E-state index contributed by atoms with van der Waals surface area (Å²) in [6.45, 7) is 4.22. The second-order valence-corrected chi connectivity index (χ2v) is 7.06. The van der Waals surface area contributed by atoms with Gasteiger partial charge in [-0.05, 0) is 36.2 Å². The Kier molecular flexibility index (Phi) is 6.79. The van der Waals surface area contributed by atoms with Crippen LogP contribution in [0.25, 0.3) is 0 Å². The van der Waals surface area contributed by atoms with Crippen molar-refractivity contribution < 1.29 is 14.0 Å². The van der Waals surface area contributed by atoms with E-state index in [2.05, 4.69) is 10.3 Å². The molecular weight excluding hydrogens is 366 g/mol. The van der Waals surface area contributed by atoms with E-state index in [0.29, 0.717) is 18.8 Å². The van der Waals surface area contributed by atoms with Crippen LogP contribution in [0.1, 0.15) is 41.8 Å². The predicted octanol–water partition coefficient (Wildman–Crippen LogP) is 3.78. The van der Waals surface area contributed by atoms with E-state index in [1.54, 1.807) is 29.6 Å². The number of nitrogens with zero attached hydrogens (tertiary/aromatic N) is 2. The molecule has 2 amide bonds. The number of furan rings is 1. The fourth-order valence-corrected chi connectivity index (χ4v) is 3.14. The topological polar surface area (TPSA) is 75.4 Å². The van der Waals surface area contributed by atoms with Gasteiger partial charge in [0, 0.05) is 25.9 Å². The highest BCUT2D eigenvalue weighted by atomic mass is 16.3. The molecule has 0 aliphatic carbocycles. The summed E-state index contributed by atoms with van der Waals surface area (Å²) in [5, 5.41) is 2.90. The summed E-state index contributed by atoms with van der Waals surface area (Å²) >= 11 is 0. The first-order valence-electron chi connectivity index (χ1n) is 9.54. The lowest BCUT2D eigenvalue weighted by molar-refractivity contribution is -0.133. The smallest absolute Gasteiger partial charge is 0.225 e. The first-order chi connectivity index (χ1) is 14.0. The monoisotopic (exact) mass is 391 g/mol. The van der Waals surface area contributed by atoms with Crippen LogP contribution in [0.3, 0.4) is 0 Å². The number of hydrogen-bond acceptors (Lipinski definition) is 4. The van der Waals surface area contributed by atoms with Gasteiger partial charge >= 0.3 is 0 Å². The van der Waals surface area contributed by atoms with E-state index in [1.807, 2.05) is 49.4 Å². The third-order valence-electron chi connectivity index (χ3n) is 4.61. The van der Waals surface area contributed by atoms with Gasteiger partial charge in [0.05, 0.1) is 25.3 Å². The maximum Gasteiger partial charge on any atom is 0.225 e. The van der Waals surface area contributed by atoms with Crippen molar-refractivity contribution in [2.24, 2.45) is 0 Å². The second kappa shape index (κ2) is 9.68. The fourth-order valence-electron chi connectivity index (χ4n) is 3.14. The number of nitrogens with one attached hydrogen (secondary N) is 1. The molecule has 0 bridgehead atoms. The third-order valence-corrected chi connectivity index (χ3v) is 4.61. The highest BCUT2D eigenvalue weighted by Crippen LogP contribution is 2.21. The number of carbonyl (C=O) groups excluding carboxylic acids is 2. The number of hydrogen-bond donors (Lipinski definition) is 1. The minimum absolute atomic E-state index is 0.0791. The highest BCUT2D eigenvalue weighted by Gasteiger charge is 2.22. The lowest BCUT2D eigenvalue weighted by atomic mass is 10.0. The van der Waals surface area contributed by atoms with Gasteiger partial charge in [-0.3, -0.25) is 14.6 Å². The van der Waals surface area contributed by atoms with Crippen LogP contribution < -0.4 is 5.32 Å². The number of carbonyl (C=O) groups is 2. The molecular formula is C23H25N3O3. The quantitative estimate of drug-likeness (QED) is 0.634. The molecule has 0 saturated heterocycles. The van der Waals surface area contributed by atoms with E-state index >= 15 is 0 Å². The Labute approximate surface area is 170 Å². The molecule has 0 spiro atoms. The zero-order valence-electron chi connectivity index (χ0n) is 16.7. The standard InChI is InChI=1S/C23H25N3O3/c1-17-7-9-20(10-8-17)22(25-18(2)27)13-23(28)26(16-21-6-4-12-29-21)15-19-5-3-11-24-14-19/h3-12,14,22H,13,15-16H2,1-2H3,(H,25,27). The molecule has 2 heterocycles. The maximum absolute atomic E-state index is 13.2. The van der Waals surface area contributed by atoms with Crippen LogP contribution in [0.5, 0.6) is 0 Å². The van der Waals surface area contributed by atoms with Gasteiger partial charge in [0.25, 0.3) is 0 Å². The van der Waals surface area contributed by atoms with Crippen LogP contribution in [-0.2, 0) is 22.7 Å². The van der Waals surface area contributed by atoms with Gasteiger partial charge in [-0.1, -0.05) is 35.9 Å². The summed E-state index contributed by atoms with van der Waals surface area (Å²) < 4.78 is 5.44. The van der Waals surface area contributed by atoms with Gasteiger partial charge in [0.15, 0.2) is 0 Å².